The van der Waals surface area contributed by atoms with E-state index in [9.17, 15) is 30.3 Å². The number of anilines is 1. The molecule has 6 atom stereocenters. The maximum Gasteiger partial charge on any atom is 0.320 e. The summed E-state index contributed by atoms with van der Waals surface area (Å²) in [5.74, 6) is -0.529. The van der Waals surface area contributed by atoms with Crippen molar-refractivity contribution in [2.75, 3.05) is 18.8 Å². The quantitative estimate of drug-likeness (QED) is 0.381. The van der Waals surface area contributed by atoms with Gasteiger partial charge in [0.25, 0.3) is 6.29 Å². The van der Waals surface area contributed by atoms with E-state index in [1.807, 2.05) is 0 Å². The zero-order valence-electron chi connectivity index (χ0n) is 13.6. The Morgan fingerprint density at radius 1 is 1.15 bits per heavy atom. The molecule has 2 heterocycles. The zero-order chi connectivity index (χ0) is 19.0. The van der Waals surface area contributed by atoms with Gasteiger partial charge in [-0.3, -0.25) is 4.79 Å². The van der Waals surface area contributed by atoms with Crippen molar-refractivity contribution < 1.29 is 49.4 Å². The van der Waals surface area contributed by atoms with Crippen LogP contribution in [0, 0.1) is 0 Å². The molecule has 1 amide bonds. The molecule has 1 aromatic carbocycles. The van der Waals surface area contributed by atoms with E-state index in [1.165, 1.54) is 25.3 Å². The van der Waals surface area contributed by atoms with Gasteiger partial charge in [0, 0.05) is 6.07 Å². The lowest BCUT2D eigenvalue weighted by atomic mass is 9.99. The molecular weight excluding hydrogens is 354 g/mol. The van der Waals surface area contributed by atoms with Crippen LogP contribution in [0.15, 0.2) is 18.2 Å². The first kappa shape index (κ1) is 18.8. The van der Waals surface area contributed by atoms with Crippen molar-refractivity contribution in [2.45, 2.75) is 37.0 Å². The number of fused-ring (bicyclic) bond motifs is 1. The van der Waals surface area contributed by atoms with Crippen LogP contribution in [0.25, 0.3) is 0 Å². The number of ether oxygens (including phenoxy) is 3. The first-order valence-corrected chi connectivity index (χ1v) is 7.71. The van der Waals surface area contributed by atoms with E-state index in [1.54, 1.807) is 0 Å². The summed E-state index contributed by atoms with van der Waals surface area (Å²) in [6, 6.07) is 4.34. The van der Waals surface area contributed by atoms with Gasteiger partial charge in [-0.2, -0.15) is 5.06 Å². The van der Waals surface area contributed by atoms with Gasteiger partial charge in [0.05, 0.1) is 13.7 Å². The molecule has 0 saturated carbocycles. The summed E-state index contributed by atoms with van der Waals surface area (Å²) in [4.78, 5) is 17.5. The Morgan fingerprint density at radius 3 is 2.54 bits per heavy atom. The second-order valence-corrected chi connectivity index (χ2v) is 5.74. The van der Waals surface area contributed by atoms with E-state index in [4.69, 9.17) is 19.0 Å². The van der Waals surface area contributed by atoms with E-state index < -0.39 is 49.5 Å². The van der Waals surface area contributed by atoms with Gasteiger partial charge in [-0.15, -0.1) is 0 Å². The maximum absolute atomic E-state index is 12.2. The number of aliphatic hydroxyl groups excluding tert-OH is 5. The SMILES string of the molecule is COc1ccc2c(c1)OC(O)C(=O)N2O[C@@H]1O[C@H](CO)[C@@H](O)[C@H](O)[C@H]1O. The molecule has 0 aromatic heterocycles. The Balaban J connectivity index is 1.88. The number of nitrogens with zero attached hydrogens (tertiary/aromatic N) is 1. The molecular formula is C15H19NO10. The molecule has 144 valence electrons. The molecule has 2 aliphatic heterocycles. The molecule has 2 aliphatic rings. The second kappa shape index (κ2) is 7.32. The Morgan fingerprint density at radius 2 is 1.88 bits per heavy atom. The van der Waals surface area contributed by atoms with E-state index >= 15 is 0 Å². The fourth-order valence-electron chi connectivity index (χ4n) is 2.64. The summed E-state index contributed by atoms with van der Waals surface area (Å²) < 4.78 is 15.3. The normalized spacial score (nSPS) is 34.2. The average Bonchev–Trinajstić information content (AvgIpc) is 2.64. The Labute approximate surface area is 147 Å². The van der Waals surface area contributed by atoms with E-state index in [0.717, 1.165) is 0 Å². The minimum absolute atomic E-state index is 0.0704. The number of rotatable bonds is 4. The molecule has 1 fully saturated rings. The lowest BCUT2D eigenvalue weighted by Gasteiger charge is -2.41. The fourth-order valence-corrected chi connectivity index (χ4v) is 2.64. The number of aliphatic hydroxyl groups is 5. The van der Waals surface area contributed by atoms with Crippen LogP contribution in [-0.2, 0) is 14.4 Å². The molecule has 0 bridgehead atoms. The molecule has 1 saturated heterocycles. The van der Waals surface area contributed by atoms with Gasteiger partial charge in [-0.05, 0) is 12.1 Å². The number of benzene rings is 1. The van der Waals surface area contributed by atoms with Crippen molar-refractivity contribution >= 4 is 11.6 Å². The van der Waals surface area contributed by atoms with Crippen LogP contribution >= 0.6 is 0 Å². The molecule has 1 unspecified atom stereocenters. The van der Waals surface area contributed by atoms with Gasteiger partial charge in [0.15, 0.2) is 5.75 Å². The van der Waals surface area contributed by atoms with Crippen LogP contribution in [0.1, 0.15) is 0 Å². The summed E-state index contributed by atoms with van der Waals surface area (Å²) in [6.07, 6.45) is -9.66. The van der Waals surface area contributed by atoms with Gasteiger partial charge in [0.1, 0.15) is 35.9 Å². The summed E-state index contributed by atoms with van der Waals surface area (Å²) in [6.45, 7) is -0.654. The number of carbonyl (C=O) groups excluding carboxylic acids is 1. The Hall–Kier alpha value is -1.99. The summed E-state index contributed by atoms with van der Waals surface area (Å²) in [7, 11) is 1.42. The highest BCUT2D eigenvalue weighted by Gasteiger charge is 2.47. The number of hydrogen-bond acceptors (Lipinski definition) is 10. The molecule has 1 aromatic rings. The number of carbonyl (C=O) groups is 1. The Kier molecular flexibility index (Phi) is 5.29. The average molecular weight is 373 g/mol. The highest BCUT2D eigenvalue weighted by atomic mass is 16.8. The van der Waals surface area contributed by atoms with Crippen molar-refractivity contribution in [3.63, 3.8) is 0 Å². The van der Waals surface area contributed by atoms with Crippen molar-refractivity contribution in [3.8, 4) is 11.5 Å². The second-order valence-electron chi connectivity index (χ2n) is 5.74. The first-order chi connectivity index (χ1) is 12.4. The first-order valence-electron chi connectivity index (χ1n) is 7.71. The molecule has 11 heteroatoms. The maximum atomic E-state index is 12.2. The van der Waals surface area contributed by atoms with Crippen molar-refractivity contribution in [2.24, 2.45) is 0 Å². The molecule has 0 aliphatic carbocycles. The number of methoxy groups -OCH3 is 1. The molecule has 0 spiro atoms. The minimum Gasteiger partial charge on any atom is -0.497 e. The van der Waals surface area contributed by atoms with Crippen LogP contribution in [0.4, 0.5) is 5.69 Å². The third-order valence-electron chi connectivity index (χ3n) is 4.09. The van der Waals surface area contributed by atoms with E-state index in [-0.39, 0.29) is 11.4 Å². The van der Waals surface area contributed by atoms with Crippen LogP contribution < -0.4 is 14.5 Å². The van der Waals surface area contributed by atoms with Crippen molar-refractivity contribution in [1.82, 2.24) is 0 Å². The van der Waals surface area contributed by atoms with Gasteiger partial charge >= 0.3 is 5.91 Å². The smallest absolute Gasteiger partial charge is 0.320 e. The van der Waals surface area contributed by atoms with Crippen molar-refractivity contribution in [1.29, 1.82) is 0 Å². The van der Waals surface area contributed by atoms with Gasteiger partial charge in [0.2, 0.25) is 6.29 Å². The monoisotopic (exact) mass is 373 g/mol. The summed E-state index contributed by atoms with van der Waals surface area (Å²) >= 11 is 0. The highest BCUT2D eigenvalue weighted by Crippen LogP contribution is 2.38. The molecule has 5 N–H and O–H groups in total. The van der Waals surface area contributed by atoms with E-state index in [0.29, 0.717) is 10.8 Å². The largest absolute Gasteiger partial charge is 0.497 e. The third kappa shape index (κ3) is 3.21. The van der Waals surface area contributed by atoms with Crippen LogP contribution in [0.2, 0.25) is 0 Å². The third-order valence-corrected chi connectivity index (χ3v) is 4.09. The van der Waals surface area contributed by atoms with Gasteiger partial charge in [-0.25, -0.2) is 4.84 Å². The number of amides is 1. The fraction of sp³-hybridized carbons (Fsp3) is 0.533. The predicted octanol–water partition coefficient (Wildman–Crippen LogP) is -2.53. The van der Waals surface area contributed by atoms with Gasteiger partial charge in [-0.1, -0.05) is 0 Å². The lowest BCUT2D eigenvalue weighted by molar-refractivity contribution is -0.304. The van der Waals surface area contributed by atoms with Crippen molar-refractivity contribution in [3.05, 3.63) is 18.2 Å². The Bertz CT molecular complexity index is 668. The topological polar surface area (TPSA) is 158 Å². The predicted molar refractivity (Wildman–Crippen MR) is 82.0 cm³/mol. The molecule has 26 heavy (non-hydrogen) atoms. The summed E-state index contributed by atoms with van der Waals surface area (Å²) in [5.41, 5.74) is 0.0954. The highest BCUT2D eigenvalue weighted by molar-refractivity contribution is 5.97. The number of hydroxylamine groups is 1. The van der Waals surface area contributed by atoms with E-state index in [2.05, 4.69) is 0 Å². The molecule has 11 nitrogen and oxygen atoms in total. The van der Waals surface area contributed by atoms with Crippen LogP contribution in [0.3, 0.4) is 0 Å². The zero-order valence-corrected chi connectivity index (χ0v) is 13.6. The molecule has 0 radical (unpaired) electrons. The molecule has 3 rings (SSSR count). The lowest BCUT2D eigenvalue weighted by Crippen LogP contribution is -2.61. The minimum atomic E-state index is -1.88. The van der Waals surface area contributed by atoms with Gasteiger partial charge < -0.3 is 39.7 Å². The summed E-state index contributed by atoms with van der Waals surface area (Å²) in [5, 5.41) is 49.3. The van der Waals surface area contributed by atoms with Crippen LogP contribution in [-0.4, -0.2) is 82.2 Å². The number of hydrogen-bond donors (Lipinski definition) is 5. The van der Waals surface area contributed by atoms with Crippen LogP contribution in [0.5, 0.6) is 11.5 Å². The standard InChI is InChI=1S/C15H19NO10/c1-23-6-2-3-7-8(4-6)24-14(22)13(21)16(7)26-15-12(20)11(19)10(18)9(5-17)25-15/h2-4,9-12,14-15,17-20,22H,5H2,1H3/t9-,10-,11+,12-,14?,15+/m1/s1.